The normalized spacial score (nSPS) is 23.6. The molecule has 0 spiro atoms. The summed E-state index contributed by atoms with van der Waals surface area (Å²) in [5.74, 6) is 0.933. The van der Waals surface area contributed by atoms with Gasteiger partial charge in [-0.25, -0.2) is 0 Å². The van der Waals surface area contributed by atoms with Gasteiger partial charge in [0.05, 0.1) is 12.1 Å². The van der Waals surface area contributed by atoms with Gasteiger partial charge >= 0.3 is 0 Å². The van der Waals surface area contributed by atoms with Crippen molar-refractivity contribution in [3.63, 3.8) is 0 Å². The van der Waals surface area contributed by atoms with Crippen molar-refractivity contribution in [3.05, 3.63) is 58.4 Å². The lowest BCUT2D eigenvalue weighted by Crippen LogP contribution is -2.26. The second kappa shape index (κ2) is 8.91. The van der Waals surface area contributed by atoms with E-state index in [9.17, 15) is 5.26 Å². The standard InChI is InChI=1S/C25H26N6OS/c1-15-9-17(18-11-21-24(29-13-18)33-25(28)30-21)10-19-14-31(7-8-32-23(15)19)22-4-2-3-20(27)6-5-16(22)12-26/h5-6,9-10,13,21,27H,2-4,7-8,11,14H2,1H3,(H2,28,30)/b6-5-,22-16?,27-20?. The molecule has 0 bridgehead atoms. The summed E-state index contributed by atoms with van der Waals surface area (Å²) in [5, 5.41) is 19.3. The zero-order chi connectivity index (χ0) is 22.9. The Balaban J connectivity index is 1.48. The monoisotopic (exact) mass is 458 g/mol. The lowest BCUT2D eigenvalue weighted by molar-refractivity contribution is 0.257. The SMILES string of the molecule is Cc1cc(C2=CN=C3SC(N)=NC3C2)cc2c1OCCN(C1=C(C#N)/C=C\C(=N)CCC1)C2. The van der Waals surface area contributed by atoms with Crippen molar-refractivity contribution in [1.29, 1.82) is 10.7 Å². The summed E-state index contributed by atoms with van der Waals surface area (Å²) in [6.07, 6.45) is 8.65. The molecular weight excluding hydrogens is 432 g/mol. The van der Waals surface area contributed by atoms with Crippen molar-refractivity contribution in [2.24, 2.45) is 15.7 Å². The molecule has 3 N–H and O–H groups in total. The number of aliphatic imine (C=N–C) groups is 2. The summed E-state index contributed by atoms with van der Waals surface area (Å²) in [4.78, 5) is 11.4. The molecule has 0 radical (unpaired) electrons. The van der Waals surface area contributed by atoms with Gasteiger partial charge in [-0.3, -0.25) is 9.98 Å². The number of rotatable bonds is 2. The zero-order valence-electron chi connectivity index (χ0n) is 18.6. The summed E-state index contributed by atoms with van der Waals surface area (Å²) in [6.45, 7) is 4.06. The number of amidine groups is 1. The van der Waals surface area contributed by atoms with Crippen molar-refractivity contribution in [1.82, 2.24) is 4.90 Å². The summed E-state index contributed by atoms with van der Waals surface area (Å²) in [7, 11) is 0. The highest BCUT2D eigenvalue weighted by atomic mass is 32.2. The topological polar surface area (TPSA) is 111 Å². The first-order valence-electron chi connectivity index (χ1n) is 11.2. The van der Waals surface area contributed by atoms with Gasteiger partial charge < -0.3 is 20.8 Å². The molecule has 0 saturated heterocycles. The maximum absolute atomic E-state index is 9.78. The fraction of sp³-hybridized carbons (Fsp3) is 0.360. The Hall–Kier alpha value is -3.31. The first-order chi connectivity index (χ1) is 16.0. The smallest absolute Gasteiger partial charge is 0.160 e. The van der Waals surface area contributed by atoms with Crippen LogP contribution in [0.5, 0.6) is 5.75 Å². The molecule has 8 heteroatoms. The maximum atomic E-state index is 9.78. The molecule has 3 aliphatic heterocycles. The van der Waals surface area contributed by atoms with Gasteiger partial charge in [-0.2, -0.15) is 5.26 Å². The molecule has 0 saturated carbocycles. The van der Waals surface area contributed by atoms with E-state index in [1.54, 1.807) is 12.2 Å². The number of nitrogens with zero attached hydrogens (tertiary/aromatic N) is 4. The van der Waals surface area contributed by atoms with E-state index in [-0.39, 0.29) is 6.04 Å². The van der Waals surface area contributed by atoms with Crippen LogP contribution in [0.15, 0.2) is 51.7 Å². The van der Waals surface area contributed by atoms with Crippen LogP contribution in [0.3, 0.4) is 0 Å². The number of benzene rings is 1. The van der Waals surface area contributed by atoms with Crippen LogP contribution in [0, 0.1) is 23.7 Å². The summed E-state index contributed by atoms with van der Waals surface area (Å²) >= 11 is 1.45. The Bertz CT molecular complexity index is 1220. The largest absolute Gasteiger partial charge is 0.491 e. The van der Waals surface area contributed by atoms with Crippen molar-refractivity contribution in [3.8, 4) is 11.8 Å². The number of allylic oxidation sites excluding steroid dienone is 4. The van der Waals surface area contributed by atoms with Crippen LogP contribution in [0.1, 0.15) is 42.4 Å². The third kappa shape index (κ3) is 4.33. The first-order valence-corrected chi connectivity index (χ1v) is 12.0. The molecule has 1 aromatic carbocycles. The molecule has 0 fully saturated rings. The predicted octanol–water partition coefficient (Wildman–Crippen LogP) is 4.30. The van der Waals surface area contributed by atoms with Gasteiger partial charge in [-0.05, 0) is 78.9 Å². The van der Waals surface area contributed by atoms with Gasteiger partial charge in [-0.1, -0.05) is 0 Å². The summed E-state index contributed by atoms with van der Waals surface area (Å²) in [5.41, 5.74) is 12.6. The Kier molecular flexibility index (Phi) is 5.81. The van der Waals surface area contributed by atoms with E-state index >= 15 is 0 Å². The van der Waals surface area contributed by atoms with Crippen LogP contribution in [0.2, 0.25) is 0 Å². The molecule has 1 aliphatic carbocycles. The van der Waals surface area contributed by atoms with E-state index in [2.05, 4.69) is 40.0 Å². The van der Waals surface area contributed by atoms with Crippen molar-refractivity contribution < 1.29 is 4.74 Å². The second-order valence-electron chi connectivity index (χ2n) is 8.65. The maximum Gasteiger partial charge on any atom is 0.160 e. The van der Waals surface area contributed by atoms with E-state index in [1.165, 1.54) is 11.8 Å². The molecule has 1 unspecified atom stereocenters. The fourth-order valence-electron chi connectivity index (χ4n) is 4.75. The van der Waals surface area contributed by atoms with Gasteiger partial charge in [0.15, 0.2) is 5.17 Å². The molecular formula is C25H26N6OS. The minimum atomic E-state index is 0.0191. The first kappa shape index (κ1) is 21.5. The Morgan fingerprint density at radius 2 is 2.18 bits per heavy atom. The van der Waals surface area contributed by atoms with Gasteiger partial charge in [0.25, 0.3) is 0 Å². The molecule has 5 rings (SSSR count). The Morgan fingerprint density at radius 3 is 3.03 bits per heavy atom. The van der Waals surface area contributed by atoms with Gasteiger partial charge in [0.2, 0.25) is 0 Å². The molecule has 1 aromatic rings. The minimum Gasteiger partial charge on any atom is -0.491 e. The van der Waals surface area contributed by atoms with Gasteiger partial charge in [0, 0.05) is 36.1 Å². The van der Waals surface area contributed by atoms with Crippen LogP contribution in [-0.4, -0.2) is 40.0 Å². The molecule has 7 nitrogen and oxygen atoms in total. The van der Waals surface area contributed by atoms with E-state index in [0.29, 0.717) is 29.6 Å². The third-order valence-corrected chi connectivity index (χ3v) is 7.25. The van der Waals surface area contributed by atoms with Crippen LogP contribution < -0.4 is 10.5 Å². The number of nitrogens with one attached hydrogen (secondary N) is 1. The average Bonchev–Trinajstić information content (AvgIpc) is 3.02. The Morgan fingerprint density at radius 1 is 1.30 bits per heavy atom. The van der Waals surface area contributed by atoms with Crippen LogP contribution in [0.4, 0.5) is 0 Å². The Labute approximate surface area is 197 Å². The van der Waals surface area contributed by atoms with Crippen molar-refractivity contribution >= 4 is 33.3 Å². The number of aryl methyl sites for hydroxylation is 1. The number of ether oxygens (including phenoxy) is 1. The molecule has 0 amide bonds. The minimum absolute atomic E-state index is 0.0191. The highest BCUT2D eigenvalue weighted by Crippen LogP contribution is 2.37. The fourth-order valence-corrected chi connectivity index (χ4v) is 5.53. The quantitative estimate of drug-likeness (QED) is 0.686. The average molecular weight is 459 g/mol. The van der Waals surface area contributed by atoms with Crippen molar-refractivity contribution in [2.45, 2.75) is 45.2 Å². The van der Waals surface area contributed by atoms with Crippen LogP contribution >= 0.6 is 11.8 Å². The summed E-state index contributed by atoms with van der Waals surface area (Å²) in [6, 6.07) is 6.73. The van der Waals surface area contributed by atoms with Gasteiger partial charge in [0.1, 0.15) is 29.5 Å². The lowest BCUT2D eigenvalue weighted by Gasteiger charge is -2.27. The molecule has 4 aliphatic rings. The molecule has 168 valence electrons. The molecule has 0 aromatic heterocycles. The molecule has 1 atom stereocenters. The van der Waals surface area contributed by atoms with E-state index in [0.717, 1.165) is 71.0 Å². The predicted molar refractivity (Wildman–Crippen MR) is 133 cm³/mol. The highest BCUT2D eigenvalue weighted by molar-refractivity contribution is 8.27. The highest BCUT2D eigenvalue weighted by Gasteiger charge is 2.29. The van der Waals surface area contributed by atoms with E-state index < -0.39 is 0 Å². The number of nitrogens with two attached hydrogens (primary N) is 1. The van der Waals surface area contributed by atoms with Gasteiger partial charge in [-0.15, -0.1) is 0 Å². The van der Waals surface area contributed by atoms with E-state index in [1.807, 2.05) is 6.20 Å². The number of thioether (sulfide) groups is 1. The third-order valence-electron chi connectivity index (χ3n) is 6.35. The molecule has 33 heavy (non-hydrogen) atoms. The molecule has 3 heterocycles. The van der Waals surface area contributed by atoms with Crippen molar-refractivity contribution in [2.75, 3.05) is 13.2 Å². The lowest BCUT2D eigenvalue weighted by atomic mass is 9.94. The second-order valence-corrected chi connectivity index (χ2v) is 9.69. The number of hydrogen-bond donors (Lipinski definition) is 2. The van der Waals surface area contributed by atoms with Crippen LogP contribution in [-0.2, 0) is 6.54 Å². The van der Waals surface area contributed by atoms with Crippen LogP contribution in [0.25, 0.3) is 5.57 Å². The zero-order valence-corrected chi connectivity index (χ0v) is 19.4. The number of fused-ring (bicyclic) bond motifs is 2. The summed E-state index contributed by atoms with van der Waals surface area (Å²) < 4.78 is 6.18. The number of hydrogen-bond acceptors (Lipinski definition) is 8. The number of nitriles is 1. The van der Waals surface area contributed by atoms with E-state index in [4.69, 9.17) is 15.9 Å².